The van der Waals surface area contributed by atoms with Gasteiger partial charge < -0.3 is 15.2 Å². The number of hydrogen-bond donors (Lipinski definition) is 2. The van der Waals surface area contributed by atoms with Crippen molar-refractivity contribution < 1.29 is 14.6 Å². The van der Waals surface area contributed by atoms with E-state index < -0.39 is 5.97 Å². The molecule has 0 aromatic heterocycles. The highest BCUT2D eigenvalue weighted by Crippen LogP contribution is 2.34. The highest BCUT2D eigenvalue weighted by Gasteiger charge is 2.16. The van der Waals surface area contributed by atoms with Gasteiger partial charge in [0.05, 0.1) is 17.7 Å². The Morgan fingerprint density at radius 3 is 2.42 bits per heavy atom. The lowest BCUT2D eigenvalue weighted by Crippen LogP contribution is -2.22. The van der Waals surface area contributed by atoms with Crippen LogP contribution >= 0.6 is 11.6 Å². The normalized spacial score (nSPS) is 13.0. The van der Waals surface area contributed by atoms with E-state index in [1.807, 2.05) is 36.4 Å². The first-order chi connectivity index (χ1) is 15.9. The van der Waals surface area contributed by atoms with E-state index in [9.17, 15) is 9.90 Å². The van der Waals surface area contributed by atoms with Crippen LogP contribution in [-0.4, -0.2) is 18.2 Å². The fourth-order valence-electron chi connectivity index (χ4n) is 4.16. The summed E-state index contributed by atoms with van der Waals surface area (Å²) in [5, 5.41) is 15.6. The number of carbonyl (C=O) groups is 1. The third-order valence-electron chi connectivity index (χ3n) is 5.99. The van der Waals surface area contributed by atoms with Gasteiger partial charge in [-0.3, -0.25) is 0 Å². The van der Waals surface area contributed by atoms with Crippen LogP contribution < -0.4 is 10.1 Å². The van der Waals surface area contributed by atoms with E-state index in [1.54, 1.807) is 19.2 Å². The Kier molecular flexibility index (Phi) is 6.68. The number of methoxy groups -OCH3 is 1. The fourth-order valence-corrected chi connectivity index (χ4v) is 4.36. The largest absolute Gasteiger partial charge is 0.497 e. The first kappa shape index (κ1) is 22.8. The van der Waals surface area contributed by atoms with Crippen molar-refractivity contribution in [2.24, 2.45) is 0 Å². The second kappa shape index (κ2) is 9.65. The molecule has 4 aromatic carbocycles. The van der Waals surface area contributed by atoms with Gasteiger partial charge in [0.1, 0.15) is 5.75 Å². The van der Waals surface area contributed by atoms with Crippen molar-refractivity contribution in [3.05, 3.63) is 101 Å². The predicted molar refractivity (Wildman–Crippen MR) is 134 cm³/mol. The van der Waals surface area contributed by atoms with E-state index in [1.165, 1.54) is 0 Å². The molecule has 168 valence electrons. The maximum atomic E-state index is 11.6. The molecule has 0 aliphatic heterocycles. The van der Waals surface area contributed by atoms with E-state index in [0.717, 1.165) is 38.8 Å². The smallest absolute Gasteiger partial charge is 0.337 e. The van der Waals surface area contributed by atoms with Crippen LogP contribution in [0.4, 0.5) is 0 Å². The van der Waals surface area contributed by atoms with Crippen molar-refractivity contribution in [2.75, 3.05) is 7.11 Å². The average molecular weight is 460 g/mol. The van der Waals surface area contributed by atoms with Crippen LogP contribution in [0.5, 0.6) is 5.75 Å². The molecule has 33 heavy (non-hydrogen) atoms. The molecule has 0 saturated heterocycles. The van der Waals surface area contributed by atoms with Crippen LogP contribution in [-0.2, 0) is 0 Å². The average Bonchev–Trinajstić information content (AvgIpc) is 2.83. The molecule has 4 aromatic rings. The summed E-state index contributed by atoms with van der Waals surface area (Å²) in [5.41, 5.74) is 4.16. The van der Waals surface area contributed by atoms with E-state index >= 15 is 0 Å². The van der Waals surface area contributed by atoms with Gasteiger partial charge in [0.15, 0.2) is 0 Å². The highest BCUT2D eigenvalue weighted by atomic mass is 35.5. The van der Waals surface area contributed by atoms with Crippen LogP contribution in [0.25, 0.3) is 21.9 Å². The number of rotatable bonds is 7. The number of carboxylic acid groups (broad SMARTS) is 1. The van der Waals surface area contributed by atoms with Crippen molar-refractivity contribution in [2.45, 2.75) is 25.9 Å². The molecule has 1 unspecified atom stereocenters. The minimum Gasteiger partial charge on any atom is -0.497 e. The van der Waals surface area contributed by atoms with Crippen molar-refractivity contribution in [3.8, 4) is 16.9 Å². The molecule has 0 fully saturated rings. The zero-order valence-corrected chi connectivity index (χ0v) is 19.6. The number of fused-ring (bicyclic) bond motifs is 1. The Hall–Kier alpha value is -3.34. The molecule has 4 rings (SSSR count). The summed E-state index contributed by atoms with van der Waals surface area (Å²) in [6.07, 6.45) is 0. The van der Waals surface area contributed by atoms with Gasteiger partial charge in [-0.15, -0.1) is 0 Å². The summed E-state index contributed by atoms with van der Waals surface area (Å²) >= 11 is 6.12. The summed E-state index contributed by atoms with van der Waals surface area (Å²) in [4.78, 5) is 11.6. The second-order valence-corrected chi connectivity index (χ2v) is 8.58. The van der Waals surface area contributed by atoms with Crippen LogP contribution in [0.2, 0.25) is 5.02 Å². The third kappa shape index (κ3) is 4.87. The number of nitrogens with one attached hydrogen (secondary N) is 1. The lowest BCUT2D eigenvalue weighted by Gasteiger charge is -2.22. The fraction of sp³-hybridized carbons (Fsp3) is 0.179. The molecule has 0 radical (unpaired) electrons. The highest BCUT2D eigenvalue weighted by molar-refractivity contribution is 6.33. The summed E-state index contributed by atoms with van der Waals surface area (Å²) < 4.78 is 5.36. The zero-order chi connectivity index (χ0) is 23.5. The van der Waals surface area contributed by atoms with Crippen LogP contribution in [0.15, 0.2) is 78.9 Å². The van der Waals surface area contributed by atoms with Crippen LogP contribution in [0, 0.1) is 0 Å². The molecule has 0 bridgehead atoms. The van der Waals surface area contributed by atoms with E-state index in [0.29, 0.717) is 0 Å². The Bertz CT molecular complexity index is 1320. The summed E-state index contributed by atoms with van der Waals surface area (Å²) in [7, 11) is 1.67. The van der Waals surface area contributed by atoms with Crippen molar-refractivity contribution in [1.29, 1.82) is 0 Å². The number of benzene rings is 4. The number of ether oxygens (including phenoxy) is 1. The van der Waals surface area contributed by atoms with Gasteiger partial charge in [0.2, 0.25) is 0 Å². The first-order valence-corrected chi connectivity index (χ1v) is 11.2. The molecule has 5 heteroatoms. The monoisotopic (exact) mass is 459 g/mol. The summed E-state index contributed by atoms with van der Waals surface area (Å²) in [6, 6.07) is 25.8. The topological polar surface area (TPSA) is 58.6 Å². The Balaban J connectivity index is 1.73. The molecule has 0 spiro atoms. The molecule has 2 N–H and O–H groups in total. The number of carboxylic acids is 1. The SMILES string of the molecule is COc1cccc([C@@H](C)NC(C)c2cc(-c3ccc(Cl)c(C(=O)O)c3)c3ccccc3c2)c1. The molecule has 2 atom stereocenters. The first-order valence-electron chi connectivity index (χ1n) is 10.8. The minimum absolute atomic E-state index is 0.0563. The van der Waals surface area contributed by atoms with Gasteiger partial charge in [-0.05, 0) is 83.3 Å². The molecule has 0 amide bonds. The number of halogens is 1. The van der Waals surface area contributed by atoms with E-state index in [4.69, 9.17) is 16.3 Å². The lowest BCUT2D eigenvalue weighted by molar-refractivity contribution is 0.0697. The Morgan fingerprint density at radius 2 is 1.67 bits per heavy atom. The molecule has 0 heterocycles. The van der Waals surface area contributed by atoms with Gasteiger partial charge in [-0.1, -0.05) is 54.1 Å². The van der Waals surface area contributed by atoms with Crippen molar-refractivity contribution in [1.82, 2.24) is 5.32 Å². The van der Waals surface area contributed by atoms with E-state index in [2.05, 4.69) is 49.5 Å². The van der Waals surface area contributed by atoms with Crippen molar-refractivity contribution in [3.63, 3.8) is 0 Å². The molecule has 4 nitrogen and oxygen atoms in total. The molecular formula is C28H26ClNO3. The van der Waals surface area contributed by atoms with Gasteiger partial charge in [-0.25, -0.2) is 4.79 Å². The van der Waals surface area contributed by atoms with Gasteiger partial charge in [0.25, 0.3) is 0 Å². The maximum Gasteiger partial charge on any atom is 0.337 e. The summed E-state index contributed by atoms with van der Waals surface area (Å²) in [6.45, 7) is 4.26. The quantitative estimate of drug-likeness (QED) is 0.305. The lowest BCUT2D eigenvalue weighted by atomic mass is 9.92. The van der Waals surface area contributed by atoms with Gasteiger partial charge >= 0.3 is 5.97 Å². The Morgan fingerprint density at radius 1 is 0.909 bits per heavy atom. The maximum absolute atomic E-state index is 11.6. The molecule has 0 aliphatic carbocycles. The number of hydrogen-bond acceptors (Lipinski definition) is 3. The minimum atomic E-state index is -1.04. The molecule has 0 saturated carbocycles. The zero-order valence-electron chi connectivity index (χ0n) is 18.8. The van der Waals surface area contributed by atoms with Gasteiger partial charge in [-0.2, -0.15) is 0 Å². The summed E-state index contributed by atoms with van der Waals surface area (Å²) in [5.74, 6) is -0.205. The van der Waals surface area contributed by atoms with Crippen LogP contribution in [0.1, 0.15) is 47.4 Å². The second-order valence-electron chi connectivity index (χ2n) is 8.18. The van der Waals surface area contributed by atoms with Crippen LogP contribution in [0.3, 0.4) is 0 Å². The predicted octanol–water partition coefficient (Wildman–Crippen LogP) is 7.28. The van der Waals surface area contributed by atoms with Crippen molar-refractivity contribution >= 4 is 28.3 Å². The Labute approximate surface area is 198 Å². The van der Waals surface area contributed by atoms with E-state index in [-0.39, 0.29) is 22.7 Å². The molecule has 0 aliphatic rings. The third-order valence-corrected chi connectivity index (χ3v) is 6.32. The number of aromatic carboxylic acids is 1. The van der Waals surface area contributed by atoms with Gasteiger partial charge in [0, 0.05) is 12.1 Å². The molecular weight excluding hydrogens is 434 g/mol. The standard InChI is InChI=1S/C28H26ClNO3/c1-17(19-8-6-9-23(14-19)33-3)30-18(2)22-13-20-7-4-5-10-24(20)25(16-22)21-11-12-27(29)26(15-21)28(31)32/h4-18,30H,1-3H3,(H,31,32)/t17-,18?/m1/s1.